The second-order valence-corrected chi connectivity index (χ2v) is 6.30. The van der Waals surface area contributed by atoms with Gasteiger partial charge in [0.15, 0.2) is 0 Å². The molecule has 0 bridgehead atoms. The van der Waals surface area contributed by atoms with Crippen LogP contribution in [0.25, 0.3) is 22.4 Å². The molecule has 0 unspecified atom stereocenters. The summed E-state index contributed by atoms with van der Waals surface area (Å²) in [4.78, 5) is 3.53. The van der Waals surface area contributed by atoms with Crippen molar-refractivity contribution >= 4 is 23.0 Å². The Balaban J connectivity index is 2.18. The number of thiocarbonyl (C=S) groups is 1. The van der Waals surface area contributed by atoms with Gasteiger partial charge in [-0.25, -0.2) is 5.84 Å². The number of hydrogen-bond donors (Lipinski definition) is 4. The van der Waals surface area contributed by atoms with E-state index in [4.69, 9.17) is 18.1 Å². The van der Waals surface area contributed by atoms with E-state index in [2.05, 4.69) is 45.2 Å². The summed E-state index contributed by atoms with van der Waals surface area (Å²) in [6.45, 7) is 4.00. The summed E-state index contributed by atoms with van der Waals surface area (Å²) in [6.07, 6.45) is 0. The average molecular weight is 363 g/mol. The van der Waals surface area contributed by atoms with Gasteiger partial charge in [-0.05, 0) is 37.2 Å². The summed E-state index contributed by atoms with van der Waals surface area (Å²) in [5, 5.41) is 4.65. The number of aromatic amines is 1. The number of hydrogen-bond acceptors (Lipinski definition) is 3. The van der Waals surface area contributed by atoms with Crippen molar-refractivity contribution in [2.75, 3.05) is 0 Å². The average Bonchev–Trinajstić information content (AvgIpc) is 3.04. The molecule has 0 fully saturated rings. The fourth-order valence-corrected chi connectivity index (χ4v) is 3.06. The lowest BCUT2D eigenvalue weighted by Crippen LogP contribution is -2.37. The van der Waals surface area contributed by atoms with Crippen LogP contribution in [0.2, 0.25) is 0 Å². The van der Waals surface area contributed by atoms with Crippen molar-refractivity contribution in [1.82, 2.24) is 15.8 Å². The third kappa shape index (κ3) is 3.66. The first-order chi connectivity index (χ1) is 12.6. The second kappa shape index (κ2) is 7.95. The quantitative estimate of drug-likeness (QED) is 0.247. The third-order valence-electron chi connectivity index (χ3n) is 4.13. The lowest BCUT2D eigenvalue weighted by molar-refractivity contribution is 0.925. The van der Waals surface area contributed by atoms with Crippen LogP contribution in [0, 0.1) is 6.92 Å². The van der Waals surface area contributed by atoms with E-state index in [1.54, 1.807) is 0 Å². The second-order valence-electron chi connectivity index (χ2n) is 5.89. The zero-order chi connectivity index (χ0) is 18.5. The maximum atomic E-state index is 5.30. The topological polar surface area (TPSA) is 78.2 Å². The highest BCUT2D eigenvalue weighted by atomic mass is 32.1. The number of aryl methyl sites for hydroxylation is 1. The summed E-state index contributed by atoms with van der Waals surface area (Å²) in [5.74, 6) is 5.30. The lowest BCUT2D eigenvalue weighted by Gasteiger charge is -2.09. The molecule has 1 heterocycles. The van der Waals surface area contributed by atoms with Crippen LogP contribution >= 0.6 is 12.2 Å². The summed E-state index contributed by atoms with van der Waals surface area (Å²) in [5.41, 5.74) is 12.5. The van der Waals surface area contributed by atoms with E-state index in [1.807, 2.05) is 50.2 Å². The fourth-order valence-electron chi connectivity index (χ4n) is 3.01. The molecule has 3 aromatic rings. The van der Waals surface area contributed by atoms with Crippen molar-refractivity contribution in [3.8, 4) is 22.4 Å². The first-order valence-electron chi connectivity index (χ1n) is 8.26. The van der Waals surface area contributed by atoms with Gasteiger partial charge in [0, 0.05) is 16.8 Å². The molecule has 0 atom stereocenters. The molecule has 5 nitrogen and oxygen atoms in total. The standard InChI is InChI=1S/C20H21N5S/c1-13-17(14(2)24-25-20(26)23-21)18(15-9-5-3-6-10-15)19(22-13)16-11-7-4-8-12-16/h3-12,22H,21H2,1-2H3,(H2,23,25,26). The van der Waals surface area contributed by atoms with Crippen molar-refractivity contribution < 1.29 is 0 Å². The summed E-state index contributed by atoms with van der Waals surface area (Å²) in [6, 6.07) is 20.6. The van der Waals surface area contributed by atoms with Gasteiger partial charge in [-0.3, -0.25) is 10.9 Å². The van der Waals surface area contributed by atoms with Crippen LogP contribution in [0.5, 0.6) is 0 Å². The van der Waals surface area contributed by atoms with E-state index in [0.717, 1.165) is 39.4 Å². The van der Waals surface area contributed by atoms with Gasteiger partial charge in [-0.15, -0.1) is 0 Å². The third-order valence-corrected chi connectivity index (χ3v) is 4.34. The zero-order valence-corrected chi connectivity index (χ0v) is 15.5. The first kappa shape index (κ1) is 17.8. The van der Waals surface area contributed by atoms with Crippen LogP contribution in [0.3, 0.4) is 0 Å². The molecule has 132 valence electrons. The van der Waals surface area contributed by atoms with E-state index < -0.39 is 0 Å². The highest BCUT2D eigenvalue weighted by Gasteiger charge is 2.20. The van der Waals surface area contributed by atoms with Crippen molar-refractivity contribution in [3.63, 3.8) is 0 Å². The Kier molecular flexibility index (Phi) is 5.46. The Morgan fingerprint density at radius 1 is 1.00 bits per heavy atom. The number of nitrogens with two attached hydrogens (primary N) is 1. The van der Waals surface area contributed by atoms with Gasteiger partial charge in [0.25, 0.3) is 0 Å². The number of hydrazine groups is 1. The number of hydrazone groups is 1. The van der Waals surface area contributed by atoms with Crippen LogP contribution in [-0.4, -0.2) is 15.8 Å². The SMILES string of the molecule is CC(=NNC(=S)NN)c1c(C)[nH]c(-c2ccccc2)c1-c1ccccc1. The van der Waals surface area contributed by atoms with Crippen LogP contribution in [0.15, 0.2) is 65.8 Å². The zero-order valence-electron chi connectivity index (χ0n) is 14.7. The number of nitrogens with zero attached hydrogens (tertiary/aromatic N) is 1. The Hall–Kier alpha value is -2.96. The highest BCUT2D eigenvalue weighted by molar-refractivity contribution is 7.80. The predicted molar refractivity (Wildman–Crippen MR) is 112 cm³/mol. The van der Waals surface area contributed by atoms with E-state index in [1.165, 1.54) is 0 Å². The van der Waals surface area contributed by atoms with Gasteiger partial charge in [0.05, 0.1) is 11.4 Å². The molecule has 0 spiro atoms. The summed E-state index contributed by atoms with van der Waals surface area (Å²) < 4.78 is 0. The minimum Gasteiger partial charge on any atom is -0.358 e. The Morgan fingerprint density at radius 3 is 2.15 bits per heavy atom. The molecule has 0 radical (unpaired) electrons. The minimum atomic E-state index is 0.266. The Labute approximate surface area is 158 Å². The maximum Gasteiger partial charge on any atom is 0.201 e. The predicted octanol–water partition coefficient (Wildman–Crippen LogP) is 3.72. The molecular formula is C20H21N5S. The molecule has 0 aliphatic rings. The molecule has 1 aromatic heterocycles. The molecular weight excluding hydrogens is 342 g/mol. The monoisotopic (exact) mass is 363 g/mol. The van der Waals surface area contributed by atoms with Crippen LogP contribution in [-0.2, 0) is 0 Å². The molecule has 0 aliphatic heterocycles. The summed E-state index contributed by atoms with van der Waals surface area (Å²) in [7, 11) is 0. The number of nitrogens with one attached hydrogen (secondary N) is 3. The lowest BCUT2D eigenvalue weighted by atomic mass is 9.95. The molecule has 0 saturated carbocycles. The maximum absolute atomic E-state index is 5.30. The molecule has 0 aliphatic carbocycles. The molecule has 0 amide bonds. The molecule has 3 rings (SSSR count). The van der Waals surface area contributed by atoms with Crippen molar-refractivity contribution in [2.24, 2.45) is 10.9 Å². The van der Waals surface area contributed by atoms with Crippen molar-refractivity contribution in [1.29, 1.82) is 0 Å². The Bertz CT molecular complexity index is 930. The van der Waals surface area contributed by atoms with Gasteiger partial charge < -0.3 is 4.98 Å². The molecule has 0 saturated heterocycles. The van der Waals surface area contributed by atoms with Crippen LogP contribution in [0.1, 0.15) is 18.2 Å². The van der Waals surface area contributed by atoms with Gasteiger partial charge in [-0.1, -0.05) is 60.7 Å². The summed E-state index contributed by atoms with van der Waals surface area (Å²) >= 11 is 5.00. The van der Waals surface area contributed by atoms with Gasteiger partial charge in [0.2, 0.25) is 5.11 Å². The number of H-pyrrole nitrogens is 1. The molecule has 2 aromatic carbocycles. The van der Waals surface area contributed by atoms with E-state index >= 15 is 0 Å². The van der Waals surface area contributed by atoms with Crippen LogP contribution < -0.4 is 16.7 Å². The number of benzene rings is 2. The number of aromatic nitrogens is 1. The normalized spacial score (nSPS) is 11.3. The molecule has 6 heteroatoms. The van der Waals surface area contributed by atoms with E-state index in [9.17, 15) is 0 Å². The van der Waals surface area contributed by atoms with Crippen LogP contribution in [0.4, 0.5) is 0 Å². The van der Waals surface area contributed by atoms with Gasteiger partial charge >= 0.3 is 0 Å². The van der Waals surface area contributed by atoms with E-state index in [0.29, 0.717) is 0 Å². The highest BCUT2D eigenvalue weighted by Crippen LogP contribution is 2.36. The first-order valence-corrected chi connectivity index (χ1v) is 8.67. The molecule has 5 N–H and O–H groups in total. The van der Waals surface area contributed by atoms with Gasteiger partial charge in [0.1, 0.15) is 0 Å². The smallest absolute Gasteiger partial charge is 0.201 e. The largest absolute Gasteiger partial charge is 0.358 e. The minimum absolute atomic E-state index is 0.266. The number of rotatable bonds is 4. The van der Waals surface area contributed by atoms with Crippen molar-refractivity contribution in [2.45, 2.75) is 13.8 Å². The van der Waals surface area contributed by atoms with E-state index in [-0.39, 0.29) is 5.11 Å². The fraction of sp³-hybridized carbons (Fsp3) is 0.100. The van der Waals surface area contributed by atoms with Gasteiger partial charge in [-0.2, -0.15) is 5.10 Å². The molecule has 26 heavy (non-hydrogen) atoms. The Morgan fingerprint density at radius 2 is 1.58 bits per heavy atom. The van der Waals surface area contributed by atoms with Crippen molar-refractivity contribution in [3.05, 3.63) is 71.9 Å².